The number of amides is 2. The van der Waals surface area contributed by atoms with Crippen LogP contribution in [0.4, 0.5) is 10.2 Å². The summed E-state index contributed by atoms with van der Waals surface area (Å²) in [6.45, 7) is 3.85. The van der Waals surface area contributed by atoms with Crippen molar-refractivity contribution in [1.82, 2.24) is 29.8 Å². The predicted molar refractivity (Wildman–Crippen MR) is 152 cm³/mol. The van der Waals surface area contributed by atoms with Crippen molar-refractivity contribution in [3.05, 3.63) is 77.0 Å². The first-order chi connectivity index (χ1) is 19.9. The molecule has 7 rings (SSSR count). The molecule has 2 amide bonds. The molecule has 9 nitrogen and oxygen atoms in total. The van der Waals surface area contributed by atoms with Crippen molar-refractivity contribution >= 4 is 23.3 Å². The van der Waals surface area contributed by atoms with Crippen molar-refractivity contribution in [3.8, 4) is 11.3 Å². The maximum Gasteiger partial charge on any atom is 0.273 e. The lowest BCUT2D eigenvalue weighted by Crippen LogP contribution is -2.39. The van der Waals surface area contributed by atoms with E-state index in [0.29, 0.717) is 54.8 Å². The Morgan fingerprint density at radius 2 is 1.90 bits per heavy atom. The van der Waals surface area contributed by atoms with Crippen molar-refractivity contribution in [2.75, 3.05) is 31.6 Å². The van der Waals surface area contributed by atoms with Gasteiger partial charge in [0.2, 0.25) is 5.91 Å². The summed E-state index contributed by atoms with van der Waals surface area (Å²) >= 11 is 0. The zero-order valence-electron chi connectivity index (χ0n) is 23.2. The van der Waals surface area contributed by atoms with Crippen LogP contribution in [0.2, 0.25) is 0 Å². The standard InChI is InChI=1S/C31H32FN7O2/c1-18-22-6-4-3-5-19(22)10-12-38(18)31(41)26-14-27(20-7-8-20)39-29(35-26)15-25(36-39)23-16-34-28(13-24(23)32)37-11-9-21(17-37)30(40)33-2/h3-6,13-16,18,20-21H,7-12,17H2,1-2H3,(H,33,40)/t18-,21+/m1/s1. The Morgan fingerprint density at radius 1 is 1.07 bits per heavy atom. The molecule has 2 atom stereocenters. The third-order valence-electron chi connectivity index (χ3n) is 8.77. The lowest BCUT2D eigenvalue weighted by molar-refractivity contribution is -0.123. The van der Waals surface area contributed by atoms with Crippen LogP contribution in [0.25, 0.3) is 16.9 Å². The molecule has 0 bridgehead atoms. The number of nitrogens with zero attached hydrogens (tertiary/aromatic N) is 6. The van der Waals surface area contributed by atoms with Crippen molar-refractivity contribution in [3.63, 3.8) is 0 Å². The predicted octanol–water partition coefficient (Wildman–Crippen LogP) is 4.14. The summed E-state index contributed by atoms with van der Waals surface area (Å²) in [5.41, 5.74) is 5.00. The van der Waals surface area contributed by atoms with Gasteiger partial charge in [-0.25, -0.2) is 18.9 Å². The van der Waals surface area contributed by atoms with E-state index >= 15 is 4.39 Å². The molecule has 5 heterocycles. The van der Waals surface area contributed by atoms with Crippen LogP contribution in [0.15, 0.2) is 48.7 Å². The molecular formula is C31H32FN7O2. The normalized spacial score (nSPS) is 20.4. The van der Waals surface area contributed by atoms with Crippen molar-refractivity contribution in [1.29, 1.82) is 0 Å². The van der Waals surface area contributed by atoms with E-state index in [9.17, 15) is 9.59 Å². The van der Waals surface area contributed by atoms with E-state index in [1.165, 1.54) is 23.4 Å². The van der Waals surface area contributed by atoms with Crippen LogP contribution in [-0.4, -0.2) is 63.0 Å². The number of hydrogen-bond donors (Lipinski definition) is 1. The molecule has 1 aromatic carbocycles. The van der Waals surface area contributed by atoms with Gasteiger partial charge in [-0.05, 0) is 49.8 Å². The molecule has 0 unspecified atom stereocenters. The zero-order chi connectivity index (χ0) is 28.2. The summed E-state index contributed by atoms with van der Waals surface area (Å²) in [7, 11) is 1.63. The molecule has 1 saturated heterocycles. The molecule has 3 aliphatic rings. The highest BCUT2D eigenvalue weighted by atomic mass is 19.1. The number of aromatic nitrogens is 4. The first-order valence-electron chi connectivity index (χ1n) is 14.3. The molecule has 10 heteroatoms. The second kappa shape index (κ2) is 9.94. The maximum absolute atomic E-state index is 15.4. The second-order valence-corrected chi connectivity index (χ2v) is 11.3. The molecule has 0 spiro atoms. The summed E-state index contributed by atoms with van der Waals surface area (Å²) in [5.74, 6) is 0.125. The fraction of sp³-hybridized carbons (Fsp3) is 0.387. The molecule has 0 radical (unpaired) electrons. The third-order valence-corrected chi connectivity index (χ3v) is 8.77. The fourth-order valence-corrected chi connectivity index (χ4v) is 6.27. The zero-order valence-corrected chi connectivity index (χ0v) is 23.2. The van der Waals surface area contributed by atoms with Crippen molar-refractivity contribution < 1.29 is 14.0 Å². The highest BCUT2D eigenvalue weighted by Crippen LogP contribution is 2.41. The van der Waals surface area contributed by atoms with Gasteiger partial charge in [-0.2, -0.15) is 5.10 Å². The lowest BCUT2D eigenvalue weighted by atomic mass is 9.93. The van der Waals surface area contributed by atoms with Crippen LogP contribution >= 0.6 is 0 Å². The van der Waals surface area contributed by atoms with Crippen LogP contribution < -0.4 is 10.2 Å². The van der Waals surface area contributed by atoms with Crippen LogP contribution in [0.1, 0.15) is 65.5 Å². The number of benzene rings is 1. The Bertz CT molecular complexity index is 1680. The minimum Gasteiger partial charge on any atom is -0.359 e. The number of rotatable bonds is 5. The van der Waals surface area contributed by atoms with Gasteiger partial charge in [-0.3, -0.25) is 9.59 Å². The Hall–Kier alpha value is -4.34. The van der Waals surface area contributed by atoms with Gasteiger partial charge >= 0.3 is 0 Å². The maximum atomic E-state index is 15.4. The van der Waals surface area contributed by atoms with Gasteiger partial charge in [-0.15, -0.1) is 0 Å². The minimum atomic E-state index is -0.438. The number of hydrogen-bond acceptors (Lipinski definition) is 6. The highest BCUT2D eigenvalue weighted by molar-refractivity contribution is 5.93. The second-order valence-electron chi connectivity index (χ2n) is 11.3. The minimum absolute atomic E-state index is 0.00864. The van der Waals surface area contributed by atoms with Crippen LogP contribution in [0.5, 0.6) is 0 Å². The van der Waals surface area contributed by atoms with Crippen LogP contribution in [0.3, 0.4) is 0 Å². The van der Waals surface area contributed by atoms with Crippen molar-refractivity contribution in [2.24, 2.45) is 5.92 Å². The molecule has 1 N–H and O–H groups in total. The van der Waals surface area contributed by atoms with Gasteiger partial charge in [0.25, 0.3) is 5.91 Å². The summed E-state index contributed by atoms with van der Waals surface area (Å²) < 4.78 is 17.2. The fourth-order valence-electron chi connectivity index (χ4n) is 6.27. The third kappa shape index (κ3) is 4.51. The smallest absolute Gasteiger partial charge is 0.273 e. The first-order valence-corrected chi connectivity index (χ1v) is 14.3. The largest absolute Gasteiger partial charge is 0.359 e. The van der Waals surface area contributed by atoms with Crippen LogP contribution in [0, 0.1) is 11.7 Å². The molecule has 41 heavy (non-hydrogen) atoms. The number of carbonyl (C=O) groups excluding carboxylic acids is 2. The Labute approximate surface area is 237 Å². The van der Waals surface area contributed by atoms with E-state index in [-0.39, 0.29) is 29.3 Å². The first kappa shape index (κ1) is 25.6. The quantitative estimate of drug-likeness (QED) is 0.399. The highest BCUT2D eigenvalue weighted by Gasteiger charge is 2.33. The van der Waals surface area contributed by atoms with Gasteiger partial charge in [0.05, 0.1) is 23.2 Å². The number of fused-ring (bicyclic) bond motifs is 2. The number of pyridine rings is 1. The van der Waals surface area contributed by atoms with Crippen LogP contribution in [-0.2, 0) is 11.2 Å². The summed E-state index contributed by atoms with van der Waals surface area (Å²) in [5, 5.41) is 7.40. The summed E-state index contributed by atoms with van der Waals surface area (Å²) in [6, 6.07) is 13.2. The average molecular weight is 554 g/mol. The molecule has 3 aromatic heterocycles. The molecule has 2 fully saturated rings. The Balaban J connectivity index is 1.19. The van der Waals surface area contributed by atoms with E-state index in [1.54, 1.807) is 17.6 Å². The molecular weight excluding hydrogens is 521 g/mol. The van der Waals surface area contributed by atoms with Gasteiger partial charge in [0.1, 0.15) is 17.3 Å². The molecule has 210 valence electrons. The Morgan fingerprint density at radius 3 is 2.68 bits per heavy atom. The van der Waals surface area contributed by atoms with Gasteiger partial charge in [0, 0.05) is 56.6 Å². The molecule has 1 aliphatic carbocycles. The van der Waals surface area contributed by atoms with E-state index in [4.69, 9.17) is 10.1 Å². The van der Waals surface area contributed by atoms with E-state index < -0.39 is 5.82 Å². The molecule has 4 aromatic rings. The van der Waals surface area contributed by atoms with E-state index in [1.807, 2.05) is 28.0 Å². The van der Waals surface area contributed by atoms with E-state index in [2.05, 4.69) is 29.4 Å². The number of carbonyl (C=O) groups is 2. The topological polar surface area (TPSA) is 95.7 Å². The van der Waals surface area contributed by atoms with Gasteiger partial charge in [-0.1, -0.05) is 24.3 Å². The summed E-state index contributed by atoms with van der Waals surface area (Å²) in [4.78, 5) is 38.8. The SMILES string of the molecule is CNC(=O)[C@H]1CCN(c2cc(F)c(-c3cc4nc(C(=O)N5CCc6ccccc6[C@H]5C)cc(C5CC5)n4n3)cn2)C1. The lowest BCUT2D eigenvalue weighted by Gasteiger charge is -2.35. The molecule has 2 aliphatic heterocycles. The number of nitrogens with one attached hydrogen (secondary N) is 1. The number of halogens is 1. The Kier molecular flexibility index (Phi) is 6.21. The van der Waals surface area contributed by atoms with Gasteiger partial charge < -0.3 is 15.1 Å². The van der Waals surface area contributed by atoms with Crippen molar-refractivity contribution in [2.45, 2.75) is 44.6 Å². The number of anilines is 1. The van der Waals surface area contributed by atoms with E-state index in [0.717, 1.165) is 25.0 Å². The monoisotopic (exact) mass is 553 g/mol. The summed E-state index contributed by atoms with van der Waals surface area (Å²) in [6.07, 6.45) is 5.05. The average Bonchev–Trinajstić information content (AvgIpc) is 3.55. The molecule has 1 saturated carbocycles. The van der Waals surface area contributed by atoms with Gasteiger partial charge in [0.15, 0.2) is 5.65 Å².